The van der Waals surface area contributed by atoms with Gasteiger partial charge in [0.2, 0.25) is 0 Å². The standard InChI is InChI=1S/C8H10N4/c9-3-7(10)8-4-11-5-12(8)6-1-2-6/h4-7H,1-2,10H2. The minimum absolute atomic E-state index is 0.534. The molecule has 0 aliphatic heterocycles. The van der Waals surface area contributed by atoms with Gasteiger partial charge >= 0.3 is 0 Å². The highest BCUT2D eigenvalue weighted by atomic mass is 15.1. The predicted molar refractivity (Wildman–Crippen MR) is 43.0 cm³/mol. The first-order valence-electron chi connectivity index (χ1n) is 4.00. The summed E-state index contributed by atoms with van der Waals surface area (Å²) in [5.41, 5.74) is 6.42. The number of hydrogen-bond acceptors (Lipinski definition) is 3. The average Bonchev–Trinajstić information content (AvgIpc) is 2.83. The molecule has 1 aliphatic rings. The Morgan fingerprint density at radius 1 is 1.75 bits per heavy atom. The van der Waals surface area contributed by atoms with Crippen molar-refractivity contribution in [3.8, 4) is 6.07 Å². The second-order valence-electron chi connectivity index (χ2n) is 3.06. The summed E-state index contributed by atoms with van der Waals surface area (Å²) in [7, 11) is 0. The summed E-state index contributed by atoms with van der Waals surface area (Å²) in [6.45, 7) is 0. The van der Waals surface area contributed by atoms with E-state index in [2.05, 4.69) is 4.98 Å². The van der Waals surface area contributed by atoms with Crippen molar-refractivity contribution in [2.75, 3.05) is 0 Å². The highest BCUT2D eigenvalue weighted by Gasteiger charge is 2.26. The van der Waals surface area contributed by atoms with Crippen molar-refractivity contribution in [3.05, 3.63) is 18.2 Å². The molecule has 12 heavy (non-hydrogen) atoms. The molecule has 1 unspecified atom stereocenters. The molecular formula is C8H10N4. The highest BCUT2D eigenvalue weighted by Crippen LogP contribution is 2.36. The van der Waals surface area contributed by atoms with Gasteiger partial charge in [-0.2, -0.15) is 5.26 Å². The van der Waals surface area contributed by atoms with Crippen molar-refractivity contribution in [1.82, 2.24) is 9.55 Å². The van der Waals surface area contributed by atoms with Crippen molar-refractivity contribution in [3.63, 3.8) is 0 Å². The van der Waals surface area contributed by atoms with Crippen LogP contribution >= 0.6 is 0 Å². The van der Waals surface area contributed by atoms with Gasteiger partial charge in [0.1, 0.15) is 6.04 Å². The summed E-state index contributed by atoms with van der Waals surface area (Å²) in [6.07, 6.45) is 5.79. The van der Waals surface area contributed by atoms with Crippen molar-refractivity contribution in [2.24, 2.45) is 5.73 Å². The maximum atomic E-state index is 8.62. The molecule has 0 bridgehead atoms. The number of aromatic nitrogens is 2. The summed E-state index contributed by atoms with van der Waals surface area (Å²) < 4.78 is 2.01. The summed E-state index contributed by atoms with van der Waals surface area (Å²) in [5, 5.41) is 8.62. The van der Waals surface area contributed by atoms with Gasteiger partial charge < -0.3 is 10.3 Å². The molecule has 1 fully saturated rings. The van der Waals surface area contributed by atoms with Crippen LogP contribution in [0.15, 0.2) is 12.5 Å². The lowest BCUT2D eigenvalue weighted by Crippen LogP contribution is -2.12. The zero-order valence-electron chi connectivity index (χ0n) is 6.64. The van der Waals surface area contributed by atoms with Crippen LogP contribution in [0, 0.1) is 11.3 Å². The molecule has 0 amide bonds. The third-order valence-corrected chi connectivity index (χ3v) is 2.09. The summed E-state index contributed by atoms with van der Waals surface area (Å²) in [6, 6.07) is 2.02. The molecule has 4 heteroatoms. The van der Waals surface area contributed by atoms with Gasteiger partial charge in [-0.15, -0.1) is 0 Å². The fourth-order valence-corrected chi connectivity index (χ4v) is 1.28. The molecule has 2 N–H and O–H groups in total. The zero-order chi connectivity index (χ0) is 8.55. The Kier molecular flexibility index (Phi) is 1.59. The second-order valence-corrected chi connectivity index (χ2v) is 3.06. The molecule has 0 radical (unpaired) electrons. The van der Waals surface area contributed by atoms with Crippen molar-refractivity contribution >= 4 is 0 Å². The van der Waals surface area contributed by atoms with E-state index in [9.17, 15) is 0 Å². The van der Waals surface area contributed by atoms with E-state index in [1.807, 2.05) is 10.6 Å². The lowest BCUT2D eigenvalue weighted by Gasteiger charge is -2.06. The average molecular weight is 162 g/mol. The van der Waals surface area contributed by atoms with Crippen LogP contribution in [0.4, 0.5) is 0 Å². The van der Waals surface area contributed by atoms with Gasteiger partial charge in [0.05, 0.1) is 24.3 Å². The first-order chi connectivity index (χ1) is 5.83. The molecule has 1 heterocycles. The van der Waals surface area contributed by atoms with E-state index in [1.165, 1.54) is 12.8 Å². The van der Waals surface area contributed by atoms with Gasteiger partial charge in [-0.25, -0.2) is 4.98 Å². The first kappa shape index (κ1) is 7.32. The monoisotopic (exact) mass is 162 g/mol. The van der Waals surface area contributed by atoms with Gasteiger partial charge in [-0.05, 0) is 12.8 Å². The number of imidazole rings is 1. The molecule has 1 aromatic rings. The number of rotatable bonds is 2. The normalized spacial score (nSPS) is 18.7. The quantitative estimate of drug-likeness (QED) is 0.697. The third kappa shape index (κ3) is 1.08. The largest absolute Gasteiger partial charge is 0.329 e. The lowest BCUT2D eigenvalue weighted by atomic mass is 10.2. The first-order valence-corrected chi connectivity index (χ1v) is 4.00. The molecule has 0 aromatic carbocycles. The van der Waals surface area contributed by atoms with Crippen molar-refractivity contribution in [2.45, 2.75) is 24.9 Å². The molecule has 1 atom stereocenters. The van der Waals surface area contributed by atoms with E-state index in [0.29, 0.717) is 6.04 Å². The van der Waals surface area contributed by atoms with Crippen molar-refractivity contribution in [1.29, 1.82) is 5.26 Å². The van der Waals surface area contributed by atoms with Crippen LogP contribution in [0.25, 0.3) is 0 Å². The fraction of sp³-hybridized carbons (Fsp3) is 0.500. The molecule has 62 valence electrons. The molecule has 1 aromatic heterocycles. The topological polar surface area (TPSA) is 67.6 Å². The van der Waals surface area contributed by atoms with Crippen LogP contribution in [0.3, 0.4) is 0 Å². The summed E-state index contributed by atoms with van der Waals surface area (Å²) in [4.78, 5) is 3.98. The van der Waals surface area contributed by atoms with Gasteiger partial charge in [0.15, 0.2) is 0 Å². The molecule has 2 rings (SSSR count). The minimum atomic E-state index is -0.534. The molecule has 1 saturated carbocycles. The van der Waals surface area contributed by atoms with Crippen LogP contribution in [-0.2, 0) is 0 Å². The van der Waals surface area contributed by atoms with E-state index in [0.717, 1.165) is 5.69 Å². The summed E-state index contributed by atoms with van der Waals surface area (Å²) >= 11 is 0. The maximum Gasteiger partial charge on any atom is 0.135 e. The van der Waals surface area contributed by atoms with E-state index >= 15 is 0 Å². The molecule has 1 aliphatic carbocycles. The van der Waals surface area contributed by atoms with E-state index in [4.69, 9.17) is 11.0 Å². The molecular weight excluding hydrogens is 152 g/mol. The number of nitriles is 1. The Balaban J connectivity index is 2.30. The Bertz CT molecular complexity index is 318. The Hall–Kier alpha value is -1.34. The Morgan fingerprint density at radius 3 is 3.08 bits per heavy atom. The SMILES string of the molecule is N#CC(N)c1cncn1C1CC1. The fourth-order valence-electron chi connectivity index (χ4n) is 1.28. The number of nitrogens with zero attached hydrogens (tertiary/aromatic N) is 3. The third-order valence-electron chi connectivity index (χ3n) is 2.09. The predicted octanol–water partition coefficient (Wildman–Crippen LogP) is 0.741. The van der Waals surface area contributed by atoms with E-state index in [1.54, 1.807) is 12.5 Å². The second kappa shape index (κ2) is 2.61. The van der Waals surface area contributed by atoms with Gasteiger partial charge in [-0.3, -0.25) is 0 Å². The number of hydrogen-bond donors (Lipinski definition) is 1. The van der Waals surface area contributed by atoms with Gasteiger partial charge in [0, 0.05) is 6.04 Å². The van der Waals surface area contributed by atoms with Gasteiger partial charge in [-0.1, -0.05) is 0 Å². The number of nitrogens with two attached hydrogens (primary N) is 1. The highest BCUT2D eigenvalue weighted by molar-refractivity contribution is 5.14. The van der Waals surface area contributed by atoms with Crippen LogP contribution in [0.2, 0.25) is 0 Å². The lowest BCUT2D eigenvalue weighted by molar-refractivity contribution is 0.672. The Labute approximate surface area is 70.6 Å². The van der Waals surface area contributed by atoms with E-state index < -0.39 is 6.04 Å². The summed E-state index contributed by atoms with van der Waals surface area (Å²) in [5.74, 6) is 0. The van der Waals surface area contributed by atoms with Gasteiger partial charge in [0.25, 0.3) is 0 Å². The van der Waals surface area contributed by atoms with Crippen LogP contribution in [0.5, 0.6) is 0 Å². The van der Waals surface area contributed by atoms with Crippen molar-refractivity contribution < 1.29 is 0 Å². The molecule has 0 saturated heterocycles. The zero-order valence-corrected chi connectivity index (χ0v) is 6.64. The molecule has 4 nitrogen and oxygen atoms in total. The minimum Gasteiger partial charge on any atom is -0.329 e. The Morgan fingerprint density at radius 2 is 2.50 bits per heavy atom. The smallest absolute Gasteiger partial charge is 0.135 e. The van der Waals surface area contributed by atoms with Crippen LogP contribution in [-0.4, -0.2) is 9.55 Å². The van der Waals surface area contributed by atoms with E-state index in [-0.39, 0.29) is 0 Å². The van der Waals surface area contributed by atoms with Crippen LogP contribution in [0.1, 0.15) is 30.6 Å². The molecule has 0 spiro atoms. The maximum absolute atomic E-state index is 8.62. The van der Waals surface area contributed by atoms with Crippen LogP contribution < -0.4 is 5.73 Å².